The van der Waals surface area contributed by atoms with Crippen LogP contribution in [-0.2, 0) is 17.1 Å². The van der Waals surface area contributed by atoms with E-state index < -0.39 is 15.9 Å². The van der Waals surface area contributed by atoms with Crippen LogP contribution in [0.5, 0.6) is 0 Å². The van der Waals surface area contributed by atoms with Gasteiger partial charge in [0.1, 0.15) is 4.90 Å². The predicted molar refractivity (Wildman–Crippen MR) is 68.9 cm³/mol. The van der Waals surface area contributed by atoms with Crippen molar-refractivity contribution in [2.24, 2.45) is 12.2 Å². The van der Waals surface area contributed by atoms with Crippen molar-refractivity contribution in [1.29, 1.82) is 0 Å². The van der Waals surface area contributed by atoms with Crippen molar-refractivity contribution in [2.45, 2.75) is 4.90 Å². The Morgan fingerprint density at radius 2 is 2.26 bits per heavy atom. The van der Waals surface area contributed by atoms with Crippen LogP contribution in [0.25, 0.3) is 0 Å². The second-order valence-electron chi connectivity index (χ2n) is 3.62. The van der Waals surface area contributed by atoms with Gasteiger partial charge in [-0.3, -0.25) is 9.48 Å². The van der Waals surface area contributed by atoms with Crippen molar-refractivity contribution in [3.63, 3.8) is 0 Å². The number of sulfonamides is 1. The molecule has 0 atom stereocenters. The highest BCUT2D eigenvalue weighted by Crippen LogP contribution is 2.21. The molecule has 0 saturated carbocycles. The van der Waals surface area contributed by atoms with Gasteiger partial charge in [-0.15, -0.1) is 0 Å². The molecule has 2 rings (SSSR count). The van der Waals surface area contributed by atoms with Gasteiger partial charge >= 0.3 is 0 Å². The van der Waals surface area contributed by atoms with E-state index in [-0.39, 0.29) is 20.9 Å². The monoisotopic (exact) mass is 348 g/mol. The summed E-state index contributed by atoms with van der Waals surface area (Å²) in [6.45, 7) is 0. The van der Waals surface area contributed by atoms with Gasteiger partial charge in [0.2, 0.25) is 10.0 Å². The Balaban J connectivity index is 2.35. The number of anilines is 1. The molecule has 0 fully saturated rings. The average molecular weight is 349 g/mol. The smallest absolute Gasteiger partial charge is 0.261 e. The lowest BCUT2D eigenvalue weighted by Gasteiger charge is -2.02. The Morgan fingerprint density at radius 1 is 1.58 bits per heavy atom. The number of nitrogens with two attached hydrogens (primary N) is 1. The molecule has 0 radical (unpaired) electrons. The number of nitrogens with one attached hydrogen (secondary N) is 1. The van der Waals surface area contributed by atoms with Crippen molar-refractivity contribution < 1.29 is 17.6 Å². The molecule has 0 spiro atoms. The van der Waals surface area contributed by atoms with E-state index in [9.17, 15) is 13.2 Å². The molecule has 10 heteroatoms. The fourth-order valence-electron chi connectivity index (χ4n) is 1.39. The van der Waals surface area contributed by atoms with Crippen molar-refractivity contribution in [2.75, 3.05) is 5.32 Å². The summed E-state index contributed by atoms with van der Waals surface area (Å²) in [6, 6.07) is 1.43. The van der Waals surface area contributed by atoms with Gasteiger partial charge in [-0.2, -0.15) is 5.10 Å². The fraction of sp³-hybridized carbons (Fsp3) is 0.111. The molecule has 2 heterocycles. The van der Waals surface area contributed by atoms with Crippen LogP contribution in [0.3, 0.4) is 0 Å². The number of nitrogens with zero attached hydrogens (tertiary/aromatic N) is 2. The van der Waals surface area contributed by atoms with Gasteiger partial charge in [0.25, 0.3) is 5.91 Å². The van der Waals surface area contributed by atoms with E-state index in [0.717, 1.165) is 0 Å². The van der Waals surface area contributed by atoms with E-state index in [1.165, 1.54) is 30.3 Å². The number of halogens is 1. The first-order valence-corrected chi connectivity index (χ1v) is 7.24. The minimum absolute atomic E-state index is 0.136. The lowest BCUT2D eigenvalue weighted by atomic mass is 10.3. The zero-order chi connectivity index (χ0) is 14.2. The summed E-state index contributed by atoms with van der Waals surface area (Å²) < 4.78 is 29.1. The van der Waals surface area contributed by atoms with Gasteiger partial charge in [0.05, 0.1) is 11.8 Å². The zero-order valence-electron chi connectivity index (χ0n) is 9.62. The SMILES string of the molecule is Cn1cc(S(N)(=O)=O)c(NC(=O)c2ccoc2Br)n1. The number of primary sulfonamides is 1. The van der Waals surface area contributed by atoms with Crippen molar-refractivity contribution in [3.05, 3.63) is 28.8 Å². The van der Waals surface area contributed by atoms with E-state index >= 15 is 0 Å². The number of rotatable bonds is 3. The summed E-state index contributed by atoms with van der Waals surface area (Å²) in [6.07, 6.45) is 2.52. The topological polar surface area (TPSA) is 120 Å². The maximum atomic E-state index is 11.9. The molecule has 0 aromatic carbocycles. The maximum absolute atomic E-state index is 11.9. The molecule has 19 heavy (non-hydrogen) atoms. The third-order valence-corrected chi connectivity index (χ3v) is 3.72. The number of amides is 1. The van der Waals surface area contributed by atoms with Gasteiger partial charge in [0.15, 0.2) is 10.5 Å². The molecular weight excluding hydrogens is 340 g/mol. The van der Waals surface area contributed by atoms with Crippen molar-refractivity contribution in [3.8, 4) is 0 Å². The number of aryl methyl sites for hydroxylation is 1. The fourth-order valence-corrected chi connectivity index (χ4v) is 2.47. The molecule has 2 aromatic heterocycles. The van der Waals surface area contributed by atoms with E-state index in [4.69, 9.17) is 9.56 Å². The van der Waals surface area contributed by atoms with Crippen molar-refractivity contribution in [1.82, 2.24) is 9.78 Å². The van der Waals surface area contributed by atoms with Crippen LogP contribution in [-0.4, -0.2) is 24.1 Å². The minimum Gasteiger partial charge on any atom is -0.457 e. The van der Waals surface area contributed by atoms with Crippen LogP contribution in [0.15, 0.2) is 32.5 Å². The van der Waals surface area contributed by atoms with Crippen LogP contribution < -0.4 is 10.5 Å². The molecule has 0 aliphatic carbocycles. The molecule has 0 bridgehead atoms. The molecule has 3 N–H and O–H groups in total. The number of hydrogen-bond donors (Lipinski definition) is 2. The highest BCUT2D eigenvalue weighted by Gasteiger charge is 2.21. The quantitative estimate of drug-likeness (QED) is 0.844. The number of carbonyl (C=O) groups is 1. The van der Waals surface area contributed by atoms with Gasteiger partial charge in [-0.25, -0.2) is 13.6 Å². The van der Waals surface area contributed by atoms with Crippen LogP contribution in [0.2, 0.25) is 0 Å². The Bertz CT molecular complexity index is 733. The summed E-state index contributed by atoms with van der Waals surface area (Å²) in [4.78, 5) is 11.6. The van der Waals surface area contributed by atoms with E-state index in [2.05, 4.69) is 26.3 Å². The lowest BCUT2D eigenvalue weighted by Crippen LogP contribution is -2.17. The maximum Gasteiger partial charge on any atom is 0.261 e. The number of hydrogen-bond acceptors (Lipinski definition) is 5. The number of aromatic nitrogens is 2. The molecule has 0 saturated heterocycles. The Hall–Kier alpha value is -1.65. The molecule has 102 valence electrons. The first kappa shape index (κ1) is 13.8. The predicted octanol–water partition coefficient (Wildman–Crippen LogP) is 0.675. The first-order valence-electron chi connectivity index (χ1n) is 4.90. The lowest BCUT2D eigenvalue weighted by molar-refractivity contribution is 0.102. The third kappa shape index (κ3) is 2.85. The first-order chi connectivity index (χ1) is 8.79. The number of carbonyl (C=O) groups excluding carboxylic acids is 1. The van der Waals surface area contributed by atoms with Gasteiger partial charge < -0.3 is 9.73 Å². The summed E-state index contributed by atoms with van der Waals surface area (Å²) >= 11 is 3.05. The van der Waals surface area contributed by atoms with E-state index in [1.807, 2.05) is 0 Å². The van der Waals surface area contributed by atoms with Gasteiger partial charge in [-0.1, -0.05) is 0 Å². The molecule has 0 aliphatic rings. The zero-order valence-corrected chi connectivity index (χ0v) is 12.0. The molecule has 0 unspecified atom stereocenters. The van der Waals surface area contributed by atoms with Gasteiger partial charge in [0, 0.05) is 13.2 Å². The minimum atomic E-state index is -3.97. The highest BCUT2D eigenvalue weighted by molar-refractivity contribution is 9.10. The van der Waals surface area contributed by atoms with Crippen LogP contribution in [0.4, 0.5) is 5.82 Å². The molecular formula is C9H9BrN4O4S. The number of furan rings is 1. The molecule has 2 aromatic rings. The van der Waals surface area contributed by atoms with E-state index in [1.54, 1.807) is 0 Å². The third-order valence-electron chi connectivity index (χ3n) is 2.20. The van der Waals surface area contributed by atoms with Crippen molar-refractivity contribution >= 4 is 37.7 Å². The standard InChI is InChI=1S/C9H9BrN4O4S/c1-14-4-6(19(11,16)17)8(13-14)12-9(15)5-2-3-18-7(5)10/h2-4H,1H3,(H2,11,16,17)(H,12,13,15). The summed E-state index contributed by atoms with van der Waals surface area (Å²) in [5.74, 6) is -0.702. The van der Waals surface area contributed by atoms with Crippen LogP contribution in [0.1, 0.15) is 10.4 Å². The Kier molecular flexibility index (Phi) is 3.47. The summed E-state index contributed by atoms with van der Waals surface area (Å²) in [7, 11) is -2.46. The normalized spacial score (nSPS) is 11.5. The molecule has 8 nitrogen and oxygen atoms in total. The van der Waals surface area contributed by atoms with E-state index in [0.29, 0.717) is 0 Å². The Morgan fingerprint density at radius 3 is 2.79 bits per heavy atom. The largest absolute Gasteiger partial charge is 0.457 e. The van der Waals surface area contributed by atoms with Gasteiger partial charge in [-0.05, 0) is 22.0 Å². The van der Waals surface area contributed by atoms with Crippen LogP contribution in [0, 0.1) is 0 Å². The average Bonchev–Trinajstić information content (AvgIpc) is 2.84. The molecule has 1 amide bonds. The second-order valence-corrected chi connectivity index (χ2v) is 5.87. The second kappa shape index (κ2) is 4.79. The molecule has 0 aliphatic heterocycles. The summed E-state index contributed by atoms with van der Waals surface area (Å²) in [5, 5.41) is 11.2. The Labute approximate surface area is 116 Å². The highest BCUT2D eigenvalue weighted by atomic mass is 79.9. The summed E-state index contributed by atoms with van der Waals surface area (Å²) in [5.41, 5.74) is 0.214. The van der Waals surface area contributed by atoms with Crippen LogP contribution >= 0.6 is 15.9 Å².